The number of rotatable bonds is 7. The number of aryl methyl sites for hydroxylation is 4. The number of hydrogen-bond acceptors (Lipinski definition) is 7. The van der Waals surface area contributed by atoms with Gasteiger partial charge in [0.2, 0.25) is 5.91 Å². The monoisotopic (exact) mass is 767 g/mol. The maximum Gasteiger partial charge on any atom is 0.226 e. The molecule has 53 heavy (non-hydrogen) atoms. The van der Waals surface area contributed by atoms with Crippen molar-refractivity contribution in [2.24, 2.45) is 17.8 Å². The van der Waals surface area contributed by atoms with Gasteiger partial charge in [0.05, 0.1) is 45.5 Å². The minimum Gasteiger partial charge on any atom is -0.346 e. The second-order valence-electron chi connectivity index (χ2n) is 15.9. The summed E-state index contributed by atoms with van der Waals surface area (Å²) in [6.45, 7) is 8.71. The molecule has 2 aromatic carbocycles. The number of anilines is 1. The van der Waals surface area contributed by atoms with Gasteiger partial charge in [0, 0.05) is 82.1 Å². The lowest BCUT2D eigenvalue weighted by Gasteiger charge is -2.40. The van der Waals surface area contributed by atoms with Crippen molar-refractivity contribution in [3.8, 4) is 17.2 Å². The fourth-order valence-corrected chi connectivity index (χ4v) is 11.4. The Bertz CT molecular complexity index is 2380. The molecular formula is C41H40Cl2FN7OS. The number of pyridine rings is 1. The lowest BCUT2D eigenvalue weighted by molar-refractivity contribution is -0.135. The number of nitrogens with zero attached hydrogens (tertiary/aromatic N) is 6. The van der Waals surface area contributed by atoms with Crippen molar-refractivity contribution in [3.63, 3.8) is 0 Å². The molecular weight excluding hydrogens is 728 g/mol. The van der Waals surface area contributed by atoms with E-state index in [2.05, 4.69) is 45.7 Å². The van der Waals surface area contributed by atoms with Gasteiger partial charge in [0.15, 0.2) is 10.9 Å². The number of hydrogen-bond donors (Lipinski definition) is 1. The highest BCUT2D eigenvalue weighted by molar-refractivity contribution is 7.15. The van der Waals surface area contributed by atoms with E-state index in [0.717, 1.165) is 83.8 Å². The van der Waals surface area contributed by atoms with Gasteiger partial charge in [-0.2, -0.15) is 5.26 Å². The third kappa shape index (κ3) is 5.10. The molecule has 6 unspecified atom stereocenters. The zero-order chi connectivity index (χ0) is 36.4. The maximum atomic E-state index is 17.3. The van der Waals surface area contributed by atoms with Crippen LogP contribution in [0.25, 0.3) is 32.9 Å². The molecule has 4 aliphatic heterocycles. The molecule has 4 bridgehead atoms. The van der Waals surface area contributed by atoms with Crippen LogP contribution in [0, 0.1) is 55.7 Å². The molecule has 272 valence electrons. The average Bonchev–Trinajstić information content (AvgIpc) is 3.40. The summed E-state index contributed by atoms with van der Waals surface area (Å²) in [4.78, 5) is 30.2. The van der Waals surface area contributed by atoms with E-state index in [1.54, 1.807) is 29.5 Å². The van der Waals surface area contributed by atoms with Gasteiger partial charge < -0.3 is 19.7 Å². The number of fused-ring (bicyclic) bond motifs is 6. The van der Waals surface area contributed by atoms with Crippen molar-refractivity contribution >= 4 is 67.4 Å². The van der Waals surface area contributed by atoms with Crippen LogP contribution in [0.2, 0.25) is 10.0 Å². The number of amides is 1. The second-order valence-corrected chi connectivity index (χ2v) is 17.9. The lowest BCUT2D eigenvalue weighted by atomic mass is 9.79. The highest BCUT2D eigenvalue weighted by Crippen LogP contribution is 2.54. The molecule has 4 saturated heterocycles. The molecule has 2 aliphatic carbocycles. The number of benzene rings is 2. The number of thiazole rings is 1. The first kappa shape index (κ1) is 33.8. The molecule has 5 aromatic rings. The van der Waals surface area contributed by atoms with E-state index < -0.39 is 5.82 Å². The van der Waals surface area contributed by atoms with Gasteiger partial charge in [-0.25, -0.2) is 14.4 Å². The first-order valence-corrected chi connectivity index (χ1v) is 20.4. The average molecular weight is 769 g/mol. The number of nitrogens with one attached hydrogen (secondary N) is 1. The van der Waals surface area contributed by atoms with E-state index >= 15 is 4.39 Å². The molecule has 6 aliphatic rings. The van der Waals surface area contributed by atoms with Gasteiger partial charge in [-0.15, -0.1) is 11.3 Å². The van der Waals surface area contributed by atoms with Gasteiger partial charge in [-0.3, -0.25) is 4.79 Å². The van der Waals surface area contributed by atoms with Crippen LogP contribution >= 0.6 is 34.5 Å². The number of carbonyl (C=O) groups is 1. The first-order valence-electron chi connectivity index (χ1n) is 18.8. The van der Waals surface area contributed by atoms with E-state index in [0.29, 0.717) is 40.1 Å². The Morgan fingerprint density at radius 3 is 2.60 bits per heavy atom. The molecule has 1 amide bonds. The van der Waals surface area contributed by atoms with Gasteiger partial charge in [-0.05, 0) is 82.6 Å². The number of nitriles is 1. The third-order valence-electron chi connectivity index (χ3n) is 12.8. The van der Waals surface area contributed by atoms with Crippen molar-refractivity contribution in [1.29, 1.82) is 5.26 Å². The molecule has 0 radical (unpaired) electrons. The SMILES string of the molecule is Cc1nc(N2CC3CC(C2)N(C(=O)C2CC2)C3c2cc3c(C)nc4c(F)c(-c5cccc(Cl)c5Cl)c(CCC#N)cc4c3n2C2C3CNC2C3)sc1C. The Morgan fingerprint density at radius 2 is 1.91 bits per heavy atom. The van der Waals surface area contributed by atoms with Crippen LogP contribution in [0.3, 0.4) is 0 Å². The Kier molecular flexibility index (Phi) is 7.90. The molecule has 0 spiro atoms. The van der Waals surface area contributed by atoms with Crippen molar-refractivity contribution in [2.45, 2.75) is 83.5 Å². The molecule has 6 atom stereocenters. The number of halogens is 3. The van der Waals surface area contributed by atoms with Crippen LogP contribution in [-0.2, 0) is 11.2 Å². The second kappa shape index (κ2) is 12.4. The summed E-state index contributed by atoms with van der Waals surface area (Å²) < 4.78 is 19.8. The zero-order valence-corrected chi connectivity index (χ0v) is 32.3. The fourth-order valence-electron chi connectivity index (χ4n) is 10.1. The van der Waals surface area contributed by atoms with Crippen LogP contribution in [0.4, 0.5) is 9.52 Å². The molecule has 1 N–H and O–H groups in total. The predicted octanol–water partition coefficient (Wildman–Crippen LogP) is 8.86. The maximum absolute atomic E-state index is 17.3. The van der Waals surface area contributed by atoms with Crippen LogP contribution in [0.1, 0.15) is 71.7 Å². The summed E-state index contributed by atoms with van der Waals surface area (Å²) in [6, 6.07) is 12.3. The minimum absolute atomic E-state index is 0.0896. The van der Waals surface area contributed by atoms with E-state index in [4.69, 9.17) is 33.2 Å². The zero-order valence-electron chi connectivity index (χ0n) is 29.9. The van der Waals surface area contributed by atoms with Crippen molar-refractivity contribution in [3.05, 3.63) is 73.7 Å². The predicted molar refractivity (Wildman–Crippen MR) is 208 cm³/mol. The Hall–Kier alpha value is -3.75. The molecule has 12 heteroatoms. The van der Waals surface area contributed by atoms with Gasteiger partial charge in [0.1, 0.15) is 5.52 Å². The van der Waals surface area contributed by atoms with Crippen molar-refractivity contribution < 1.29 is 9.18 Å². The van der Waals surface area contributed by atoms with Crippen molar-refractivity contribution in [2.75, 3.05) is 24.5 Å². The number of likely N-dealkylation sites (tertiary alicyclic amines) is 1. The summed E-state index contributed by atoms with van der Waals surface area (Å²) >= 11 is 14.9. The van der Waals surface area contributed by atoms with E-state index in [-0.39, 0.29) is 52.8 Å². The van der Waals surface area contributed by atoms with Gasteiger partial charge >= 0.3 is 0 Å². The quantitative estimate of drug-likeness (QED) is 0.178. The largest absolute Gasteiger partial charge is 0.346 e. The Balaban J connectivity index is 1.21. The van der Waals surface area contributed by atoms with Crippen LogP contribution < -0.4 is 10.2 Å². The number of carbonyl (C=O) groups excluding carboxylic acids is 1. The fraction of sp³-hybridized carbons (Fsp3) is 0.463. The highest BCUT2D eigenvalue weighted by atomic mass is 35.5. The number of piperidine rings is 1. The summed E-state index contributed by atoms with van der Waals surface area (Å²) in [6.07, 6.45) is 4.52. The minimum atomic E-state index is -0.458. The summed E-state index contributed by atoms with van der Waals surface area (Å²) in [5.41, 5.74) is 5.73. The summed E-state index contributed by atoms with van der Waals surface area (Å²) in [5.74, 6) is 0.562. The van der Waals surface area contributed by atoms with E-state index in [1.165, 1.54) is 4.88 Å². The summed E-state index contributed by atoms with van der Waals surface area (Å²) in [5, 5.41) is 16.8. The molecule has 6 fully saturated rings. The Labute approximate surface area is 321 Å². The highest BCUT2D eigenvalue weighted by Gasteiger charge is 2.55. The van der Waals surface area contributed by atoms with Gasteiger partial charge in [-0.1, -0.05) is 35.3 Å². The molecule has 3 aromatic heterocycles. The molecule has 11 rings (SSSR count). The van der Waals surface area contributed by atoms with Crippen LogP contribution in [-0.4, -0.2) is 57.1 Å². The van der Waals surface area contributed by atoms with Crippen LogP contribution in [0.5, 0.6) is 0 Å². The normalized spacial score (nSPS) is 26.1. The van der Waals surface area contributed by atoms with Crippen LogP contribution in [0.15, 0.2) is 30.3 Å². The lowest BCUT2D eigenvalue weighted by Crippen LogP contribution is -2.45. The summed E-state index contributed by atoms with van der Waals surface area (Å²) in [7, 11) is 0. The standard InChI is InChI=1S/C41H40Cl2FN7OS/c1-19-21(3)53-41(48-19)49-17-25-12-26(18-49)50(40(52)22-9-10-22)38(25)32-15-28-20(2)47-36-29(39(28)51(32)37-24-14-31(37)46-16-24)13-23(6-5-11-45)33(35(36)44)27-7-4-8-30(42)34(27)43/h4,7-8,13,15,22,24-26,31,37-38,46H,5-6,9-10,12,14,16-18H2,1-3H3. The Morgan fingerprint density at radius 1 is 1.08 bits per heavy atom. The topological polar surface area (TPSA) is 90.1 Å². The third-order valence-corrected chi connectivity index (χ3v) is 14.8. The van der Waals surface area contributed by atoms with E-state index in [9.17, 15) is 10.1 Å². The smallest absolute Gasteiger partial charge is 0.226 e. The molecule has 8 nitrogen and oxygen atoms in total. The molecule has 2 saturated carbocycles. The van der Waals surface area contributed by atoms with E-state index in [1.807, 2.05) is 13.0 Å². The van der Waals surface area contributed by atoms with Crippen molar-refractivity contribution in [1.82, 2.24) is 24.8 Å². The first-order chi connectivity index (χ1) is 25.6. The number of aromatic nitrogens is 3. The van der Waals surface area contributed by atoms with Gasteiger partial charge in [0.25, 0.3) is 0 Å². The molecule has 7 heterocycles.